The van der Waals surface area contributed by atoms with Crippen LogP contribution in [-0.4, -0.2) is 54.5 Å². The van der Waals surface area contributed by atoms with E-state index in [0.29, 0.717) is 6.61 Å². The average Bonchev–Trinajstić information content (AvgIpc) is 2.62. The van der Waals surface area contributed by atoms with Crippen LogP contribution in [0.2, 0.25) is 0 Å². The molecule has 0 fully saturated rings. The van der Waals surface area contributed by atoms with Gasteiger partial charge in [0.05, 0.1) is 19.8 Å². The van der Waals surface area contributed by atoms with Crippen molar-refractivity contribution in [1.82, 2.24) is 0 Å². The number of rotatable bonds is 7. The number of methoxy groups -OCH3 is 2. The summed E-state index contributed by atoms with van der Waals surface area (Å²) < 4.78 is 9.75. The van der Waals surface area contributed by atoms with Crippen molar-refractivity contribution in [2.45, 2.75) is 19.4 Å². The molecule has 1 atom stereocenters. The molecule has 4 N–H and O–H groups in total. The molecule has 8 heteroatoms. The number of aliphatic hydroxyl groups excluding tert-OH is 1. The van der Waals surface area contributed by atoms with Crippen molar-refractivity contribution in [2.75, 3.05) is 34.0 Å². The number of hydrogen-bond donors (Lipinski definition) is 4. The van der Waals surface area contributed by atoms with Crippen LogP contribution < -0.4 is 0 Å². The van der Waals surface area contributed by atoms with Crippen LogP contribution in [0, 0.1) is 102 Å². The molecule has 0 amide bonds. The van der Waals surface area contributed by atoms with Crippen LogP contribution in [-0.2, 0) is 15.1 Å². The first kappa shape index (κ1) is 32.7. The zero-order valence-electron chi connectivity index (χ0n) is 18.1. The minimum absolute atomic E-state index is 0. The number of hydrogen-bond acceptors (Lipinski definition) is 6. The molecule has 0 saturated heterocycles. The third-order valence-electron chi connectivity index (χ3n) is 4.15. The molecule has 30 heavy (non-hydrogen) atoms. The zero-order valence-corrected chi connectivity index (χ0v) is 27.5. The number of phenolic OH excluding ortho intramolecular Hbond substituents is 2. The van der Waals surface area contributed by atoms with Gasteiger partial charge in [0.25, 0.3) is 0 Å². The molecular weight excluding hydrogens is 814 g/mol. The van der Waals surface area contributed by atoms with Crippen molar-refractivity contribution in [3.8, 4) is 11.5 Å². The molecule has 0 saturated carbocycles. The van der Waals surface area contributed by atoms with Gasteiger partial charge in [0.1, 0.15) is 17.1 Å². The summed E-state index contributed by atoms with van der Waals surface area (Å²) >= 11 is 0. The normalized spacial score (nSPS) is 11.8. The van der Waals surface area contributed by atoms with Crippen LogP contribution in [0.4, 0.5) is 0 Å². The third kappa shape index (κ3) is 9.97. The van der Waals surface area contributed by atoms with Crippen LogP contribution in [0.25, 0.3) is 5.57 Å². The summed E-state index contributed by atoms with van der Waals surface area (Å²) in [6.07, 6.45) is 0. The van der Waals surface area contributed by atoms with E-state index in [1.54, 1.807) is 25.3 Å². The Labute approximate surface area is 250 Å². The Hall–Kier alpha value is 0.503. The quantitative estimate of drug-likeness (QED) is 0.343. The van der Waals surface area contributed by atoms with Gasteiger partial charge < -0.3 is 29.9 Å². The molecule has 160 valence electrons. The molecule has 0 aliphatic rings. The van der Waals surface area contributed by atoms with E-state index in [2.05, 4.69) is 6.58 Å². The predicted molar refractivity (Wildman–Crippen MR) is 109 cm³/mol. The van der Waals surface area contributed by atoms with Crippen molar-refractivity contribution in [3.63, 3.8) is 0 Å². The topological polar surface area (TPSA) is 99.4 Å². The van der Waals surface area contributed by atoms with Crippen LogP contribution >= 0.6 is 0 Å². The van der Waals surface area contributed by atoms with Gasteiger partial charge in [-0.05, 0) is 42.7 Å². The van der Waals surface area contributed by atoms with Crippen molar-refractivity contribution >= 4 is 5.57 Å². The summed E-state index contributed by atoms with van der Waals surface area (Å²) in [4.78, 5) is 0. The van der Waals surface area contributed by atoms with E-state index in [0.717, 1.165) is 22.3 Å². The van der Waals surface area contributed by atoms with Crippen LogP contribution in [0.15, 0.2) is 43.0 Å². The van der Waals surface area contributed by atoms with E-state index < -0.39 is 12.2 Å². The Balaban J connectivity index is 0. The Morgan fingerprint density at radius 3 is 1.90 bits per heavy atom. The first-order valence-electron chi connectivity index (χ1n) is 8.77. The Morgan fingerprint density at radius 2 is 1.47 bits per heavy atom. The summed E-state index contributed by atoms with van der Waals surface area (Å²) in [5.74, 6) is 0.227. The number of aryl methyl sites for hydroxylation is 2. The fraction of sp³-hybridized carbons (Fsp3) is 0.364. The number of aliphatic hydroxyl groups is 2. The molecule has 0 aliphatic heterocycles. The van der Waals surface area contributed by atoms with Gasteiger partial charge in [-0.3, -0.25) is 0 Å². The minimum Gasteiger partial charge on any atom is -0.508 e. The summed E-state index contributed by atoms with van der Waals surface area (Å²) in [5.41, 5.74) is 2.19. The van der Waals surface area contributed by atoms with Crippen LogP contribution in [0.5, 0.6) is 11.5 Å². The van der Waals surface area contributed by atoms with Gasteiger partial charge in [-0.15, -0.1) is 0 Å². The number of ether oxygens (including phenoxy) is 2. The summed E-state index contributed by atoms with van der Waals surface area (Å²) in [5, 5.41) is 38.4. The molecule has 2 aromatic carbocycles. The van der Waals surface area contributed by atoms with Crippen molar-refractivity contribution in [1.29, 1.82) is 0 Å². The molecule has 0 heterocycles. The SMILES string of the molecule is C=C(COC)c1ccc(C)cc1O.COCC(O)(CO)c1ccc(C)cc1O.[Ac].[Ac]. The Bertz CT molecular complexity index is 797. The van der Waals surface area contributed by atoms with Crippen molar-refractivity contribution in [3.05, 3.63) is 65.2 Å². The Morgan fingerprint density at radius 1 is 0.933 bits per heavy atom. The van der Waals surface area contributed by atoms with Crippen molar-refractivity contribution < 1.29 is 118 Å². The number of benzene rings is 2. The number of aromatic hydroxyl groups is 2. The maximum absolute atomic E-state index is 10.0. The summed E-state index contributed by atoms with van der Waals surface area (Å²) in [6, 6.07) is 10.4. The standard InChI is InChI=1S/C11H16O4.C11H14O2.2Ac/c1-8-3-4-9(10(13)5-8)11(14,6-12)7-15-2;1-8-4-5-10(11(12)6-8)9(2)7-13-3;;/h3-5,12-14H,6-7H2,1-2H3;4-6,12H,2,7H2,1,3H3;;. The van der Waals surface area contributed by atoms with E-state index in [-0.39, 0.29) is 112 Å². The monoisotopic (exact) mass is 844 g/mol. The van der Waals surface area contributed by atoms with E-state index >= 15 is 0 Å². The fourth-order valence-corrected chi connectivity index (χ4v) is 2.68. The van der Waals surface area contributed by atoms with E-state index in [4.69, 9.17) is 14.6 Å². The zero-order chi connectivity index (χ0) is 21.3. The second kappa shape index (κ2) is 16.2. The molecule has 1 unspecified atom stereocenters. The van der Waals surface area contributed by atoms with Gasteiger partial charge in [0.15, 0.2) is 0 Å². The maximum atomic E-state index is 10.0. The molecule has 2 aromatic rings. The molecule has 2 rings (SSSR count). The predicted octanol–water partition coefficient (Wildman–Crippen LogP) is 2.89. The van der Waals surface area contributed by atoms with E-state index in [1.807, 2.05) is 26.0 Å². The van der Waals surface area contributed by atoms with Gasteiger partial charge in [-0.25, -0.2) is 0 Å². The third-order valence-corrected chi connectivity index (χ3v) is 4.15. The second-order valence-corrected chi connectivity index (χ2v) is 6.70. The number of phenols is 2. The smallest absolute Gasteiger partial charge is 0.139 e. The first-order valence-corrected chi connectivity index (χ1v) is 8.77. The Kier molecular flexibility index (Phi) is 17.6. The van der Waals surface area contributed by atoms with Crippen molar-refractivity contribution in [2.24, 2.45) is 0 Å². The van der Waals surface area contributed by atoms with E-state index in [9.17, 15) is 15.3 Å². The first-order chi connectivity index (χ1) is 13.2. The molecule has 0 aromatic heterocycles. The van der Waals surface area contributed by atoms with Crippen LogP contribution in [0.3, 0.4) is 0 Å². The van der Waals surface area contributed by atoms with E-state index in [1.165, 1.54) is 13.2 Å². The molecule has 2 radical (unpaired) electrons. The average molecular weight is 844 g/mol. The van der Waals surface area contributed by atoms with Crippen LogP contribution in [0.1, 0.15) is 22.3 Å². The summed E-state index contributed by atoms with van der Waals surface area (Å²) in [6.45, 7) is 7.45. The van der Waals surface area contributed by atoms with Gasteiger partial charge >= 0.3 is 0 Å². The van der Waals surface area contributed by atoms with Gasteiger partial charge in [-0.2, -0.15) is 0 Å². The molecular formula is C22H30Ac2O6. The molecule has 6 nitrogen and oxygen atoms in total. The fourth-order valence-electron chi connectivity index (χ4n) is 2.68. The minimum atomic E-state index is -1.55. The molecule has 0 bridgehead atoms. The molecule has 0 aliphatic carbocycles. The maximum Gasteiger partial charge on any atom is 0.139 e. The largest absolute Gasteiger partial charge is 0.508 e. The summed E-state index contributed by atoms with van der Waals surface area (Å²) in [7, 11) is 3.03. The van der Waals surface area contributed by atoms with Gasteiger partial charge in [0, 0.05) is 113 Å². The van der Waals surface area contributed by atoms with Gasteiger partial charge in [-0.1, -0.05) is 30.8 Å². The second-order valence-electron chi connectivity index (χ2n) is 6.70. The van der Waals surface area contributed by atoms with Gasteiger partial charge in [0.2, 0.25) is 0 Å². The molecule has 0 spiro atoms.